The Morgan fingerprint density at radius 1 is 1.22 bits per heavy atom. The molecule has 0 aliphatic carbocycles. The van der Waals surface area contributed by atoms with Crippen molar-refractivity contribution in [2.75, 3.05) is 6.61 Å². The highest BCUT2D eigenvalue weighted by molar-refractivity contribution is 9.10. The predicted molar refractivity (Wildman–Crippen MR) is 104 cm³/mol. The number of ether oxygens (including phenoxy) is 1. The van der Waals surface area contributed by atoms with Crippen molar-refractivity contribution in [3.63, 3.8) is 0 Å². The number of halogens is 1. The molecule has 0 unspecified atom stereocenters. The van der Waals surface area contributed by atoms with Gasteiger partial charge in [0.05, 0.1) is 4.92 Å². The van der Waals surface area contributed by atoms with Crippen molar-refractivity contribution in [3.05, 3.63) is 92.6 Å². The molecule has 1 amide bonds. The summed E-state index contributed by atoms with van der Waals surface area (Å²) in [7, 11) is 0. The maximum Gasteiger partial charge on any atom is 0.355 e. The van der Waals surface area contributed by atoms with Crippen LogP contribution in [-0.4, -0.2) is 23.4 Å². The fourth-order valence-electron chi connectivity index (χ4n) is 2.05. The van der Waals surface area contributed by atoms with Crippen LogP contribution in [0.4, 0.5) is 5.69 Å². The van der Waals surface area contributed by atoms with E-state index >= 15 is 0 Å². The van der Waals surface area contributed by atoms with E-state index in [4.69, 9.17) is 4.74 Å². The lowest BCUT2D eigenvalue weighted by Crippen LogP contribution is -2.28. The Kier molecular flexibility index (Phi) is 7.01. The van der Waals surface area contributed by atoms with Crippen molar-refractivity contribution < 1.29 is 19.2 Å². The quantitative estimate of drug-likeness (QED) is 0.236. The van der Waals surface area contributed by atoms with Gasteiger partial charge in [-0.15, -0.1) is 0 Å². The molecule has 0 aromatic heterocycles. The molecule has 2 aromatic rings. The van der Waals surface area contributed by atoms with Gasteiger partial charge in [-0.25, -0.2) is 4.79 Å². The lowest BCUT2D eigenvalue weighted by atomic mass is 10.1. The molecule has 0 saturated heterocycles. The topological polar surface area (TPSA) is 98.5 Å². The second kappa shape index (κ2) is 9.44. The van der Waals surface area contributed by atoms with Gasteiger partial charge >= 0.3 is 5.97 Å². The molecule has 138 valence electrons. The molecule has 1 N–H and O–H groups in total. The molecule has 0 fully saturated rings. The molecule has 0 heterocycles. The van der Waals surface area contributed by atoms with Crippen LogP contribution in [0.15, 0.2) is 71.4 Å². The van der Waals surface area contributed by atoms with Gasteiger partial charge in [0.1, 0.15) is 12.3 Å². The molecule has 2 aromatic carbocycles. The average molecular weight is 431 g/mol. The molecule has 0 saturated carbocycles. The summed E-state index contributed by atoms with van der Waals surface area (Å²) < 4.78 is 5.78. The van der Waals surface area contributed by atoms with E-state index in [-0.39, 0.29) is 18.0 Å². The Morgan fingerprint density at radius 2 is 1.93 bits per heavy atom. The summed E-state index contributed by atoms with van der Waals surface area (Å²) in [6.45, 7) is 3.42. The molecule has 7 nitrogen and oxygen atoms in total. The number of hydrogen-bond acceptors (Lipinski definition) is 5. The number of nitro groups is 1. The third-order valence-electron chi connectivity index (χ3n) is 3.30. The van der Waals surface area contributed by atoms with E-state index in [0.29, 0.717) is 11.1 Å². The van der Waals surface area contributed by atoms with E-state index in [1.165, 1.54) is 30.4 Å². The number of hydrogen-bond donors (Lipinski definition) is 1. The molecule has 27 heavy (non-hydrogen) atoms. The summed E-state index contributed by atoms with van der Waals surface area (Å²) in [5.74, 6) is -1.30. The summed E-state index contributed by atoms with van der Waals surface area (Å²) in [6, 6.07) is 12.2. The van der Waals surface area contributed by atoms with E-state index in [1.807, 2.05) is 0 Å². The molecule has 8 heteroatoms. The summed E-state index contributed by atoms with van der Waals surface area (Å²) >= 11 is 3.28. The van der Waals surface area contributed by atoms with E-state index < -0.39 is 16.8 Å². The molecule has 0 radical (unpaired) electrons. The molecule has 2 rings (SSSR count). The van der Waals surface area contributed by atoms with Crippen molar-refractivity contribution >= 4 is 39.6 Å². The summed E-state index contributed by atoms with van der Waals surface area (Å²) in [5.41, 5.74) is 0.414. The van der Waals surface area contributed by atoms with E-state index in [0.717, 1.165) is 4.47 Å². The second-order valence-electron chi connectivity index (χ2n) is 5.26. The van der Waals surface area contributed by atoms with Gasteiger partial charge in [-0.05, 0) is 35.9 Å². The largest absolute Gasteiger partial charge is 0.457 e. The van der Waals surface area contributed by atoms with Crippen LogP contribution in [0.5, 0.6) is 0 Å². The highest BCUT2D eigenvalue weighted by Crippen LogP contribution is 2.16. The van der Waals surface area contributed by atoms with Crippen LogP contribution in [-0.2, 0) is 9.53 Å². The molecule has 0 atom stereocenters. The molecule has 0 spiro atoms. The monoisotopic (exact) mass is 430 g/mol. The van der Waals surface area contributed by atoms with Crippen LogP contribution < -0.4 is 5.32 Å². The number of carbonyl (C=O) groups excluding carboxylic acids is 2. The zero-order chi connectivity index (χ0) is 19.8. The van der Waals surface area contributed by atoms with Crippen LogP contribution in [0.1, 0.15) is 15.9 Å². The molecule has 0 aliphatic heterocycles. The Balaban J connectivity index is 2.32. The Labute approximate surface area is 163 Å². The van der Waals surface area contributed by atoms with Crippen LogP contribution in [0, 0.1) is 10.1 Å². The van der Waals surface area contributed by atoms with Gasteiger partial charge in [-0.1, -0.05) is 40.7 Å². The zero-order valence-corrected chi connectivity index (χ0v) is 15.6. The fraction of sp³-hybridized carbons (Fsp3) is 0.0526. The van der Waals surface area contributed by atoms with Crippen LogP contribution in [0.3, 0.4) is 0 Å². The number of benzene rings is 2. The predicted octanol–water partition coefficient (Wildman–Crippen LogP) is 3.86. The number of esters is 1. The minimum atomic E-state index is -0.785. The smallest absolute Gasteiger partial charge is 0.355 e. The van der Waals surface area contributed by atoms with Crippen molar-refractivity contribution in [2.45, 2.75) is 0 Å². The Hall–Kier alpha value is -3.26. The second-order valence-corrected chi connectivity index (χ2v) is 6.17. The third kappa shape index (κ3) is 5.89. The molecular weight excluding hydrogens is 416 g/mol. The number of nitro benzene ring substituents is 1. The van der Waals surface area contributed by atoms with Crippen molar-refractivity contribution in [2.24, 2.45) is 0 Å². The summed E-state index contributed by atoms with van der Waals surface area (Å²) in [5, 5.41) is 13.4. The van der Waals surface area contributed by atoms with Crippen molar-refractivity contribution in [1.82, 2.24) is 5.32 Å². The zero-order valence-electron chi connectivity index (χ0n) is 14.1. The minimum Gasteiger partial charge on any atom is -0.457 e. The first kappa shape index (κ1) is 20.1. The number of amides is 1. The highest BCUT2D eigenvalue weighted by atomic mass is 79.9. The highest BCUT2D eigenvalue weighted by Gasteiger charge is 2.16. The molecular formula is C19H15BrN2O5. The first-order valence-electron chi connectivity index (χ1n) is 7.72. The average Bonchev–Trinajstić information content (AvgIpc) is 2.66. The van der Waals surface area contributed by atoms with Crippen LogP contribution >= 0.6 is 15.9 Å². The SMILES string of the molecule is C=CCOC(=O)C(=Cc1cccc([N+](=O)[O-])c1)NC(=O)c1ccc(Br)cc1. The number of nitrogens with one attached hydrogen (secondary N) is 1. The summed E-state index contributed by atoms with van der Waals surface area (Å²) in [6.07, 6.45) is 2.70. The van der Waals surface area contributed by atoms with Crippen molar-refractivity contribution in [1.29, 1.82) is 0 Å². The third-order valence-corrected chi connectivity index (χ3v) is 3.83. The minimum absolute atomic E-state index is 0.0424. The number of rotatable bonds is 7. The van der Waals surface area contributed by atoms with Crippen molar-refractivity contribution in [3.8, 4) is 0 Å². The first-order chi connectivity index (χ1) is 12.9. The van der Waals surface area contributed by atoms with Crippen LogP contribution in [0.2, 0.25) is 0 Å². The normalized spacial score (nSPS) is 10.8. The number of nitrogens with zero attached hydrogens (tertiary/aromatic N) is 1. The van der Waals surface area contributed by atoms with Gasteiger partial charge in [-0.3, -0.25) is 14.9 Å². The van der Waals surface area contributed by atoms with Crippen LogP contribution in [0.25, 0.3) is 6.08 Å². The van der Waals surface area contributed by atoms with Gasteiger partial charge < -0.3 is 10.1 Å². The van der Waals surface area contributed by atoms with E-state index in [2.05, 4.69) is 27.8 Å². The maximum atomic E-state index is 12.4. The Morgan fingerprint density at radius 3 is 2.56 bits per heavy atom. The Bertz CT molecular complexity index is 907. The fourth-order valence-corrected chi connectivity index (χ4v) is 2.31. The van der Waals surface area contributed by atoms with Gasteiger partial charge in [0.2, 0.25) is 0 Å². The lowest BCUT2D eigenvalue weighted by Gasteiger charge is -2.10. The van der Waals surface area contributed by atoms with E-state index in [9.17, 15) is 19.7 Å². The lowest BCUT2D eigenvalue weighted by molar-refractivity contribution is -0.384. The summed E-state index contributed by atoms with van der Waals surface area (Å²) in [4.78, 5) is 35.0. The standard InChI is InChI=1S/C19H15BrN2O5/c1-2-10-27-19(24)17(12-13-4-3-5-16(11-13)22(25)26)21-18(23)14-6-8-15(20)9-7-14/h2-9,11-12H,1,10H2,(H,21,23). The number of carbonyl (C=O) groups is 2. The molecule has 0 aliphatic rings. The van der Waals surface area contributed by atoms with Gasteiger partial charge in [0.15, 0.2) is 0 Å². The van der Waals surface area contributed by atoms with E-state index in [1.54, 1.807) is 30.3 Å². The van der Waals surface area contributed by atoms with Gasteiger partial charge in [0, 0.05) is 22.2 Å². The number of non-ortho nitro benzene ring substituents is 1. The molecule has 0 bridgehead atoms. The van der Waals surface area contributed by atoms with Gasteiger partial charge in [-0.2, -0.15) is 0 Å². The first-order valence-corrected chi connectivity index (χ1v) is 8.51. The maximum absolute atomic E-state index is 12.4. The van der Waals surface area contributed by atoms with Gasteiger partial charge in [0.25, 0.3) is 11.6 Å².